The van der Waals surface area contributed by atoms with Crippen LogP contribution >= 0.6 is 0 Å². The molecule has 0 aromatic heterocycles. The summed E-state index contributed by atoms with van der Waals surface area (Å²) in [4.78, 5) is 0. The fourth-order valence-electron chi connectivity index (χ4n) is 0.580. The number of nitrogens with one attached hydrogen (secondary N) is 2. The summed E-state index contributed by atoms with van der Waals surface area (Å²) in [7, 11) is 0. The number of anilines is 1. The first kappa shape index (κ1) is 6.07. The van der Waals surface area contributed by atoms with E-state index in [1.54, 1.807) is 17.7 Å². The number of hydrogen-bond acceptors (Lipinski definition) is 3. The van der Waals surface area contributed by atoms with E-state index < -0.39 is 0 Å². The molecule has 0 saturated carbocycles. The molecule has 3 heteroatoms. The van der Waals surface area contributed by atoms with Crippen LogP contribution in [0.3, 0.4) is 0 Å². The van der Waals surface area contributed by atoms with Crippen molar-refractivity contribution in [2.75, 3.05) is 5.43 Å². The predicted octanol–water partition coefficient (Wildman–Crippen LogP) is 1.10. The normalized spacial score (nSPS) is 9.00. The van der Waals surface area contributed by atoms with Gasteiger partial charge in [-0.1, -0.05) is 18.2 Å². The van der Waals surface area contributed by atoms with Gasteiger partial charge in [0.2, 0.25) is 0 Å². The molecule has 1 aromatic carbocycles. The SMILES string of the molecule is [O-]NNc1ccccc1. The smallest absolute Gasteiger partial charge is 0.0477 e. The van der Waals surface area contributed by atoms with Crippen molar-refractivity contribution >= 4 is 5.69 Å². The lowest BCUT2D eigenvalue weighted by Crippen LogP contribution is -2.12. The Morgan fingerprint density at radius 3 is 2.33 bits per heavy atom. The Labute approximate surface area is 53.2 Å². The van der Waals surface area contributed by atoms with Gasteiger partial charge in [0.05, 0.1) is 0 Å². The molecule has 0 amide bonds. The second-order valence-corrected chi connectivity index (χ2v) is 1.59. The van der Waals surface area contributed by atoms with E-state index in [1.165, 1.54) is 0 Å². The minimum absolute atomic E-state index is 0.771. The molecule has 0 radical (unpaired) electrons. The highest BCUT2D eigenvalue weighted by atomic mass is 16.5. The van der Waals surface area contributed by atoms with Crippen molar-refractivity contribution in [2.45, 2.75) is 0 Å². The van der Waals surface area contributed by atoms with E-state index in [4.69, 9.17) is 0 Å². The molecule has 0 atom stereocenters. The number of rotatable bonds is 2. The number of hydrogen-bond donors (Lipinski definition) is 2. The van der Waals surface area contributed by atoms with Crippen molar-refractivity contribution in [2.24, 2.45) is 0 Å². The second kappa shape index (κ2) is 3.06. The zero-order valence-corrected chi connectivity index (χ0v) is 4.79. The van der Waals surface area contributed by atoms with E-state index in [0.29, 0.717) is 0 Å². The van der Waals surface area contributed by atoms with Crippen LogP contribution in [0, 0.1) is 5.21 Å². The monoisotopic (exact) mass is 123 g/mol. The lowest BCUT2D eigenvalue weighted by atomic mass is 10.3. The maximum Gasteiger partial charge on any atom is 0.0477 e. The van der Waals surface area contributed by atoms with Gasteiger partial charge < -0.3 is 16.2 Å². The molecule has 9 heavy (non-hydrogen) atoms. The first-order chi connectivity index (χ1) is 4.43. The zero-order valence-electron chi connectivity index (χ0n) is 4.79. The Hall–Kier alpha value is -1.06. The highest BCUT2D eigenvalue weighted by Crippen LogP contribution is 2.01. The van der Waals surface area contributed by atoms with Gasteiger partial charge in [-0.05, 0) is 12.1 Å². The van der Waals surface area contributed by atoms with Gasteiger partial charge in [0, 0.05) is 5.69 Å². The molecule has 0 bridgehead atoms. The molecule has 2 N–H and O–H groups in total. The fourth-order valence-corrected chi connectivity index (χ4v) is 0.580. The summed E-state index contributed by atoms with van der Waals surface area (Å²) in [6.07, 6.45) is 0. The summed E-state index contributed by atoms with van der Waals surface area (Å²) in [5, 5.41) is 9.74. The lowest BCUT2D eigenvalue weighted by Gasteiger charge is -2.09. The van der Waals surface area contributed by atoms with E-state index >= 15 is 0 Å². The van der Waals surface area contributed by atoms with Gasteiger partial charge in [-0.3, -0.25) is 0 Å². The van der Waals surface area contributed by atoms with Crippen LogP contribution in [-0.4, -0.2) is 0 Å². The summed E-state index contributed by atoms with van der Waals surface area (Å²) in [5.74, 6) is 0. The van der Waals surface area contributed by atoms with Gasteiger partial charge in [0.25, 0.3) is 0 Å². The molecule has 0 saturated heterocycles. The topological polar surface area (TPSA) is 47.1 Å². The molecule has 0 aliphatic rings. The summed E-state index contributed by atoms with van der Waals surface area (Å²) in [6.45, 7) is 0. The van der Waals surface area contributed by atoms with Crippen LogP contribution in [0.2, 0.25) is 0 Å². The average molecular weight is 123 g/mol. The third-order valence-corrected chi connectivity index (χ3v) is 0.969. The highest BCUT2D eigenvalue weighted by molar-refractivity contribution is 5.41. The van der Waals surface area contributed by atoms with E-state index in [2.05, 4.69) is 5.43 Å². The van der Waals surface area contributed by atoms with Crippen LogP contribution in [0.25, 0.3) is 0 Å². The molecule has 0 unspecified atom stereocenters. The minimum Gasteiger partial charge on any atom is -0.770 e. The van der Waals surface area contributed by atoms with E-state index in [1.807, 2.05) is 18.2 Å². The quantitative estimate of drug-likeness (QED) is 0.579. The molecule has 1 aromatic rings. The number of para-hydroxylation sites is 1. The van der Waals surface area contributed by atoms with E-state index in [9.17, 15) is 5.21 Å². The fraction of sp³-hybridized carbons (Fsp3) is 0. The van der Waals surface area contributed by atoms with Crippen molar-refractivity contribution in [3.05, 3.63) is 35.5 Å². The summed E-state index contributed by atoms with van der Waals surface area (Å²) >= 11 is 0. The van der Waals surface area contributed by atoms with Gasteiger partial charge in [0.15, 0.2) is 0 Å². The van der Waals surface area contributed by atoms with Crippen LogP contribution in [-0.2, 0) is 0 Å². The second-order valence-electron chi connectivity index (χ2n) is 1.59. The molecule has 1 rings (SSSR count). The van der Waals surface area contributed by atoms with E-state index in [-0.39, 0.29) is 0 Å². The predicted molar refractivity (Wildman–Crippen MR) is 36.6 cm³/mol. The molecular weight excluding hydrogens is 116 g/mol. The summed E-state index contributed by atoms with van der Waals surface area (Å²) < 4.78 is 0. The van der Waals surface area contributed by atoms with Crippen molar-refractivity contribution in [3.8, 4) is 0 Å². The Morgan fingerprint density at radius 1 is 1.11 bits per heavy atom. The third kappa shape index (κ3) is 1.71. The zero-order chi connectivity index (χ0) is 6.53. The van der Waals surface area contributed by atoms with Gasteiger partial charge in [-0.2, -0.15) is 0 Å². The number of benzene rings is 1. The van der Waals surface area contributed by atoms with E-state index in [0.717, 1.165) is 5.69 Å². The molecule has 0 fully saturated rings. The minimum atomic E-state index is 0.771. The Balaban J connectivity index is 2.61. The van der Waals surface area contributed by atoms with Gasteiger partial charge in [0.1, 0.15) is 0 Å². The van der Waals surface area contributed by atoms with Gasteiger partial charge in [-0.15, -0.1) is 0 Å². The summed E-state index contributed by atoms with van der Waals surface area (Å²) in [6, 6.07) is 9.17. The van der Waals surface area contributed by atoms with Gasteiger partial charge >= 0.3 is 0 Å². The molecule has 0 spiro atoms. The maximum absolute atomic E-state index is 9.74. The van der Waals surface area contributed by atoms with Crippen LogP contribution in [0.1, 0.15) is 0 Å². The Bertz CT molecular complexity index is 164. The molecule has 48 valence electrons. The standard InChI is InChI=1S/C6H7N2O/c9-8-7-6-4-2-1-3-5-6/h1-5,7-8H/q-1. The molecular formula is C6H7N2O-. The van der Waals surface area contributed by atoms with Gasteiger partial charge in [-0.25, -0.2) is 0 Å². The highest BCUT2D eigenvalue weighted by Gasteiger charge is 1.79. The molecule has 0 heterocycles. The first-order valence-electron chi connectivity index (χ1n) is 2.61. The molecule has 0 aliphatic carbocycles. The van der Waals surface area contributed by atoms with Crippen molar-refractivity contribution < 1.29 is 0 Å². The third-order valence-electron chi connectivity index (χ3n) is 0.969. The largest absolute Gasteiger partial charge is 0.770 e. The van der Waals surface area contributed by atoms with Crippen LogP contribution < -0.4 is 11.0 Å². The molecule has 3 nitrogen and oxygen atoms in total. The van der Waals surface area contributed by atoms with Crippen molar-refractivity contribution in [1.29, 1.82) is 0 Å². The number of hydrazine groups is 1. The van der Waals surface area contributed by atoms with Crippen LogP contribution in [0.4, 0.5) is 5.69 Å². The summed E-state index contributed by atoms with van der Waals surface area (Å²) in [5.41, 5.74) is 4.76. The first-order valence-corrected chi connectivity index (χ1v) is 2.61. The van der Waals surface area contributed by atoms with Crippen LogP contribution in [0.15, 0.2) is 30.3 Å². The molecule has 0 aliphatic heterocycles. The maximum atomic E-state index is 9.74. The average Bonchev–Trinajstić information content (AvgIpc) is 1.91. The van der Waals surface area contributed by atoms with Crippen molar-refractivity contribution in [1.82, 2.24) is 5.59 Å². The Morgan fingerprint density at radius 2 is 1.78 bits per heavy atom. The lowest BCUT2D eigenvalue weighted by molar-refractivity contribution is 1.07. The van der Waals surface area contributed by atoms with Crippen LogP contribution in [0.5, 0.6) is 0 Å². The van der Waals surface area contributed by atoms with Crippen molar-refractivity contribution in [3.63, 3.8) is 0 Å². The Kier molecular flexibility index (Phi) is 2.06.